The van der Waals surface area contributed by atoms with E-state index in [0.717, 1.165) is 0 Å². The molecule has 1 aliphatic heterocycles. The summed E-state index contributed by atoms with van der Waals surface area (Å²) in [6.07, 6.45) is -3.50. The van der Waals surface area contributed by atoms with Crippen molar-refractivity contribution in [1.29, 1.82) is 0 Å². The van der Waals surface area contributed by atoms with Crippen molar-refractivity contribution in [3.8, 4) is 0 Å². The van der Waals surface area contributed by atoms with Crippen molar-refractivity contribution in [2.24, 2.45) is 0 Å². The lowest BCUT2D eigenvalue weighted by Gasteiger charge is -2.24. The Morgan fingerprint density at radius 1 is 1.53 bits per heavy atom. The third-order valence-electron chi connectivity index (χ3n) is 2.27. The first kappa shape index (κ1) is 12.3. The first-order valence-corrected chi connectivity index (χ1v) is 4.49. The molecule has 1 unspecified atom stereocenters. The summed E-state index contributed by atoms with van der Waals surface area (Å²) in [6, 6.07) is 0. The van der Waals surface area contributed by atoms with E-state index in [-0.39, 0.29) is 0 Å². The quantitative estimate of drug-likeness (QED) is 0.744. The number of carboxylic acid groups (broad SMARTS) is 1. The molecule has 1 rings (SSSR count). The summed E-state index contributed by atoms with van der Waals surface area (Å²) in [6.45, 7) is -1.38. The minimum Gasteiger partial charge on any atom is -0.480 e. The van der Waals surface area contributed by atoms with Crippen LogP contribution in [-0.4, -0.2) is 42.5 Å². The second-order valence-electron chi connectivity index (χ2n) is 3.53. The second-order valence-corrected chi connectivity index (χ2v) is 3.53. The molecule has 0 amide bonds. The Morgan fingerprint density at radius 3 is 2.60 bits per heavy atom. The molecule has 0 aromatic rings. The molecule has 0 radical (unpaired) electrons. The molecule has 88 valence electrons. The van der Waals surface area contributed by atoms with Crippen LogP contribution in [0.25, 0.3) is 0 Å². The van der Waals surface area contributed by atoms with E-state index in [0.29, 0.717) is 19.4 Å². The van der Waals surface area contributed by atoms with Crippen molar-refractivity contribution in [1.82, 2.24) is 5.32 Å². The highest BCUT2D eigenvalue weighted by molar-refractivity contribution is 5.79. The maximum Gasteiger partial charge on any atom is 0.411 e. The number of carboxylic acids is 1. The standard InChI is InChI=1S/C8H12F3NO3/c9-8(10,11)5-15-4-7(6(13)14)2-1-3-12-7/h12H,1-5H2,(H,13,14). The van der Waals surface area contributed by atoms with Crippen LogP contribution in [0.5, 0.6) is 0 Å². The van der Waals surface area contributed by atoms with Gasteiger partial charge in [-0.05, 0) is 19.4 Å². The molecule has 0 aromatic carbocycles. The van der Waals surface area contributed by atoms with Crippen molar-refractivity contribution in [3.63, 3.8) is 0 Å². The van der Waals surface area contributed by atoms with Crippen LogP contribution < -0.4 is 5.32 Å². The fourth-order valence-electron chi connectivity index (χ4n) is 1.51. The van der Waals surface area contributed by atoms with Gasteiger partial charge in [0, 0.05) is 0 Å². The summed E-state index contributed by atoms with van der Waals surface area (Å²) in [4.78, 5) is 10.9. The third-order valence-corrected chi connectivity index (χ3v) is 2.27. The van der Waals surface area contributed by atoms with E-state index in [1.807, 2.05) is 0 Å². The number of rotatable bonds is 4. The number of hydrogen-bond donors (Lipinski definition) is 2. The highest BCUT2D eigenvalue weighted by Gasteiger charge is 2.42. The maximum absolute atomic E-state index is 11.8. The number of aliphatic carboxylic acids is 1. The Bertz CT molecular complexity index is 236. The molecule has 15 heavy (non-hydrogen) atoms. The average molecular weight is 227 g/mol. The molecular formula is C8H12F3NO3. The summed E-state index contributed by atoms with van der Waals surface area (Å²) in [5, 5.41) is 11.5. The maximum atomic E-state index is 11.8. The van der Waals surface area contributed by atoms with E-state index in [1.54, 1.807) is 0 Å². The van der Waals surface area contributed by atoms with Crippen LogP contribution in [0.1, 0.15) is 12.8 Å². The van der Waals surface area contributed by atoms with Gasteiger partial charge < -0.3 is 9.84 Å². The molecule has 7 heteroatoms. The Morgan fingerprint density at radius 2 is 2.20 bits per heavy atom. The third kappa shape index (κ3) is 3.35. The molecule has 4 nitrogen and oxygen atoms in total. The molecule has 1 aliphatic rings. The number of carbonyl (C=O) groups is 1. The number of halogens is 3. The van der Waals surface area contributed by atoms with E-state index in [9.17, 15) is 18.0 Å². The summed E-state index contributed by atoms with van der Waals surface area (Å²) in [5.74, 6) is -1.16. The zero-order valence-corrected chi connectivity index (χ0v) is 7.93. The van der Waals surface area contributed by atoms with E-state index in [1.165, 1.54) is 0 Å². The van der Waals surface area contributed by atoms with Crippen LogP contribution in [0.2, 0.25) is 0 Å². The molecule has 0 saturated carbocycles. The fraction of sp³-hybridized carbons (Fsp3) is 0.875. The van der Waals surface area contributed by atoms with Crippen molar-refractivity contribution < 1.29 is 27.8 Å². The summed E-state index contributed by atoms with van der Waals surface area (Å²) in [5.41, 5.74) is -1.34. The van der Waals surface area contributed by atoms with Crippen LogP contribution in [0.3, 0.4) is 0 Å². The Labute approximate surface area is 84.4 Å². The van der Waals surface area contributed by atoms with Gasteiger partial charge in [0.05, 0.1) is 6.61 Å². The SMILES string of the molecule is O=C(O)C1(COCC(F)(F)F)CCCN1. The van der Waals surface area contributed by atoms with Crippen molar-refractivity contribution in [2.45, 2.75) is 24.6 Å². The molecule has 1 heterocycles. The molecule has 0 bridgehead atoms. The van der Waals surface area contributed by atoms with Gasteiger partial charge in [-0.1, -0.05) is 0 Å². The van der Waals surface area contributed by atoms with Gasteiger partial charge in [-0.15, -0.1) is 0 Å². The summed E-state index contributed by atoms with van der Waals surface area (Å²) >= 11 is 0. The zero-order chi connectivity index (χ0) is 11.5. The minimum absolute atomic E-state index is 0.292. The average Bonchev–Trinajstić information content (AvgIpc) is 2.51. The number of hydrogen-bond acceptors (Lipinski definition) is 3. The smallest absolute Gasteiger partial charge is 0.411 e. The monoisotopic (exact) mass is 227 g/mol. The molecular weight excluding hydrogens is 215 g/mol. The molecule has 0 aromatic heterocycles. The number of nitrogens with one attached hydrogen (secondary N) is 1. The van der Waals surface area contributed by atoms with Crippen molar-refractivity contribution >= 4 is 5.97 Å². The second kappa shape index (κ2) is 4.36. The van der Waals surface area contributed by atoms with E-state index in [2.05, 4.69) is 10.1 Å². The fourth-order valence-corrected chi connectivity index (χ4v) is 1.51. The minimum atomic E-state index is -4.42. The summed E-state index contributed by atoms with van der Waals surface area (Å²) < 4.78 is 39.7. The van der Waals surface area contributed by atoms with E-state index < -0.39 is 30.9 Å². The lowest BCUT2D eigenvalue weighted by atomic mass is 9.99. The van der Waals surface area contributed by atoms with Crippen molar-refractivity contribution in [2.75, 3.05) is 19.8 Å². The van der Waals surface area contributed by atoms with Crippen LogP contribution in [0, 0.1) is 0 Å². The van der Waals surface area contributed by atoms with Crippen LogP contribution >= 0.6 is 0 Å². The first-order chi connectivity index (χ1) is 6.86. The van der Waals surface area contributed by atoms with E-state index in [4.69, 9.17) is 5.11 Å². The topological polar surface area (TPSA) is 58.6 Å². The highest BCUT2D eigenvalue weighted by atomic mass is 19.4. The molecule has 0 aliphatic carbocycles. The molecule has 1 atom stereocenters. The van der Waals surface area contributed by atoms with Gasteiger partial charge in [0.2, 0.25) is 0 Å². The van der Waals surface area contributed by atoms with Gasteiger partial charge in [-0.2, -0.15) is 13.2 Å². The largest absolute Gasteiger partial charge is 0.480 e. The lowest BCUT2D eigenvalue weighted by Crippen LogP contribution is -2.51. The zero-order valence-electron chi connectivity index (χ0n) is 7.93. The van der Waals surface area contributed by atoms with Crippen molar-refractivity contribution in [3.05, 3.63) is 0 Å². The molecule has 1 fully saturated rings. The normalized spacial score (nSPS) is 26.9. The predicted molar refractivity (Wildman–Crippen MR) is 44.5 cm³/mol. The van der Waals surface area contributed by atoms with Crippen LogP contribution in [0.4, 0.5) is 13.2 Å². The predicted octanol–water partition coefficient (Wildman–Crippen LogP) is 0.772. The Kier molecular flexibility index (Phi) is 3.56. The van der Waals surface area contributed by atoms with Gasteiger partial charge >= 0.3 is 12.1 Å². The molecule has 0 spiro atoms. The number of alkyl halides is 3. The van der Waals surface area contributed by atoms with Crippen LogP contribution in [-0.2, 0) is 9.53 Å². The lowest BCUT2D eigenvalue weighted by molar-refractivity contribution is -0.181. The summed E-state index contributed by atoms with van der Waals surface area (Å²) in [7, 11) is 0. The van der Waals surface area contributed by atoms with Gasteiger partial charge in [-0.25, -0.2) is 0 Å². The Balaban J connectivity index is 2.43. The molecule has 1 saturated heterocycles. The first-order valence-electron chi connectivity index (χ1n) is 4.49. The number of ether oxygens (including phenoxy) is 1. The van der Waals surface area contributed by atoms with Gasteiger partial charge in [-0.3, -0.25) is 10.1 Å². The van der Waals surface area contributed by atoms with Gasteiger partial charge in [0.1, 0.15) is 12.1 Å². The van der Waals surface area contributed by atoms with Crippen LogP contribution in [0.15, 0.2) is 0 Å². The molecule has 2 N–H and O–H groups in total. The Hall–Kier alpha value is -0.820. The van der Waals surface area contributed by atoms with E-state index >= 15 is 0 Å². The van der Waals surface area contributed by atoms with Gasteiger partial charge in [0.25, 0.3) is 0 Å². The van der Waals surface area contributed by atoms with Gasteiger partial charge in [0.15, 0.2) is 0 Å². The highest BCUT2D eigenvalue weighted by Crippen LogP contribution is 2.22.